The number of benzene rings is 2. The minimum atomic E-state index is -0.459. The molecule has 0 aliphatic carbocycles. The van der Waals surface area contributed by atoms with Gasteiger partial charge in [0.15, 0.2) is 0 Å². The fraction of sp³-hybridized carbons (Fsp3) is 0.273. The molecule has 4 rings (SSSR count). The Balaban J connectivity index is 1.41. The Morgan fingerprint density at radius 2 is 1.81 bits per heavy atom. The van der Waals surface area contributed by atoms with Crippen LogP contribution < -0.4 is 10.6 Å². The summed E-state index contributed by atoms with van der Waals surface area (Å²) in [5, 5.41) is 18.4. The van der Waals surface area contributed by atoms with Gasteiger partial charge in [-0.2, -0.15) is 4.98 Å². The molecule has 2 heterocycles. The number of anilines is 3. The van der Waals surface area contributed by atoms with E-state index in [0.29, 0.717) is 5.02 Å². The zero-order valence-corrected chi connectivity index (χ0v) is 17.6. The van der Waals surface area contributed by atoms with Gasteiger partial charge in [0, 0.05) is 36.4 Å². The summed E-state index contributed by atoms with van der Waals surface area (Å²) in [4.78, 5) is 21.9. The molecule has 0 bridgehead atoms. The standard InChI is InChI=1S/C22H23ClN6O2/c23-17-6-8-18(9-7-17)26-22-24-14-20(29(30)31)21(27-22)25-19-10-12-28(13-11-19)15-16-4-2-1-3-5-16/h1-9,14,19H,10-13,15H2,(H2,24,25,26,27). The maximum absolute atomic E-state index is 11.5. The van der Waals surface area contributed by atoms with Crippen LogP contribution in [0.3, 0.4) is 0 Å². The average molecular weight is 439 g/mol. The number of hydrogen-bond acceptors (Lipinski definition) is 7. The molecule has 2 aromatic carbocycles. The van der Waals surface area contributed by atoms with Gasteiger partial charge in [-0.05, 0) is 42.7 Å². The highest BCUT2D eigenvalue weighted by Crippen LogP contribution is 2.26. The van der Waals surface area contributed by atoms with Gasteiger partial charge in [0.05, 0.1) is 4.92 Å². The maximum Gasteiger partial charge on any atom is 0.329 e. The molecule has 1 fully saturated rings. The van der Waals surface area contributed by atoms with Gasteiger partial charge < -0.3 is 10.6 Å². The molecular formula is C22H23ClN6O2. The monoisotopic (exact) mass is 438 g/mol. The van der Waals surface area contributed by atoms with Crippen molar-refractivity contribution in [1.29, 1.82) is 0 Å². The fourth-order valence-electron chi connectivity index (χ4n) is 3.61. The quantitative estimate of drug-likeness (QED) is 0.401. The highest BCUT2D eigenvalue weighted by Gasteiger charge is 2.24. The summed E-state index contributed by atoms with van der Waals surface area (Å²) >= 11 is 5.91. The molecule has 0 unspecified atom stereocenters. The Morgan fingerprint density at radius 3 is 2.48 bits per heavy atom. The second kappa shape index (κ2) is 9.72. The molecule has 160 valence electrons. The van der Waals surface area contributed by atoms with Gasteiger partial charge in [0.2, 0.25) is 11.8 Å². The Kier molecular flexibility index (Phi) is 6.59. The molecule has 0 atom stereocenters. The zero-order chi connectivity index (χ0) is 21.6. The minimum Gasteiger partial charge on any atom is -0.361 e. The average Bonchev–Trinajstić information content (AvgIpc) is 2.77. The predicted molar refractivity (Wildman–Crippen MR) is 122 cm³/mol. The zero-order valence-electron chi connectivity index (χ0n) is 16.9. The normalized spacial score (nSPS) is 14.9. The lowest BCUT2D eigenvalue weighted by molar-refractivity contribution is -0.384. The van der Waals surface area contributed by atoms with Crippen molar-refractivity contribution < 1.29 is 4.92 Å². The van der Waals surface area contributed by atoms with E-state index in [2.05, 4.69) is 37.6 Å². The molecule has 8 nitrogen and oxygen atoms in total. The Bertz CT molecular complexity index is 1020. The van der Waals surface area contributed by atoms with E-state index in [1.165, 1.54) is 11.8 Å². The van der Waals surface area contributed by atoms with E-state index in [4.69, 9.17) is 11.6 Å². The summed E-state index contributed by atoms with van der Waals surface area (Å²) in [6, 6.07) is 17.6. The number of hydrogen-bond donors (Lipinski definition) is 2. The molecule has 9 heteroatoms. The first-order valence-corrected chi connectivity index (χ1v) is 10.5. The highest BCUT2D eigenvalue weighted by molar-refractivity contribution is 6.30. The number of aromatic nitrogens is 2. The van der Waals surface area contributed by atoms with Gasteiger partial charge in [-0.3, -0.25) is 15.0 Å². The summed E-state index contributed by atoms with van der Waals surface area (Å²) in [5.74, 6) is 0.523. The van der Waals surface area contributed by atoms with Gasteiger partial charge in [-0.1, -0.05) is 41.9 Å². The Morgan fingerprint density at radius 1 is 1.10 bits per heavy atom. The second-order valence-corrected chi connectivity index (χ2v) is 7.93. The molecule has 1 aliphatic rings. The third-order valence-electron chi connectivity index (χ3n) is 5.24. The van der Waals surface area contributed by atoms with Gasteiger partial charge >= 0.3 is 5.69 Å². The summed E-state index contributed by atoms with van der Waals surface area (Å²) in [7, 11) is 0. The van der Waals surface area contributed by atoms with E-state index < -0.39 is 4.92 Å². The van der Waals surface area contributed by atoms with E-state index in [1.807, 2.05) is 18.2 Å². The van der Waals surface area contributed by atoms with Crippen molar-refractivity contribution in [3.05, 3.63) is 81.5 Å². The number of rotatable bonds is 7. The maximum atomic E-state index is 11.5. The van der Waals surface area contributed by atoms with Crippen LogP contribution in [0, 0.1) is 10.1 Å². The van der Waals surface area contributed by atoms with Crippen LogP contribution in [0.4, 0.5) is 23.1 Å². The molecule has 0 saturated carbocycles. The smallest absolute Gasteiger partial charge is 0.329 e. The van der Waals surface area contributed by atoms with Gasteiger partial charge in [-0.25, -0.2) is 4.98 Å². The Hall–Kier alpha value is -3.23. The summed E-state index contributed by atoms with van der Waals surface area (Å²) < 4.78 is 0. The largest absolute Gasteiger partial charge is 0.361 e. The molecular weight excluding hydrogens is 416 g/mol. The van der Waals surface area contributed by atoms with Crippen molar-refractivity contribution in [3.8, 4) is 0 Å². The Labute approximate surface area is 185 Å². The van der Waals surface area contributed by atoms with E-state index in [9.17, 15) is 10.1 Å². The molecule has 0 radical (unpaired) electrons. The highest BCUT2D eigenvalue weighted by atomic mass is 35.5. The lowest BCUT2D eigenvalue weighted by Crippen LogP contribution is -2.38. The van der Waals surface area contributed by atoms with Gasteiger partial charge in [0.1, 0.15) is 6.20 Å². The molecule has 1 aromatic heterocycles. The van der Waals surface area contributed by atoms with E-state index in [1.54, 1.807) is 24.3 Å². The van der Waals surface area contributed by atoms with Crippen molar-refractivity contribution in [2.45, 2.75) is 25.4 Å². The summed E-state index contributed by atoms with van der Waals surface area (Å²) in [6.45, 7) is 2.75. The SMILES string of the molecule is O=[N+]([O-])c1cnc(Nc2ccc(Cl)cc2)nc1NC1CCN(Cc2ccccc2)CC1. The van der Waals surface area contributed by atoms with Crippen molar-refractivity contribution in [2.75, 3.05) is 23.7 Å². The van der Waals surface area contributed by atoms with Crippen LogP contribution >= 0.6 is 11.6 Å². The third-order valence-corrected chi connectivity index (χ3v) is 5.50. The van der Waals surface area contributed by atoms with Crippen LogP contribution in [0.5, 0.6) is 0 Å². The van der Waals surface area contributed by atoms with Crippen molar-refractivity contribution in [1.82, 2.24) is 14.9 Å². The van der Waals surface area contributed by atoms with Crippen molar-refractivity contribution in [2.24, 2.45) is 0 Å². The number of nitrogens with one attached hydrogen (secondary N) is 2. The number of likely N-dealkylation sites (tertiary alicyclic amines) is 1. The molecule has 0 spiro atoms. The molecule has 0 amide bonds. The molecule has 2 N–H and O–H groups in total. The van der Waals surface area contributed by atoms with E-state index >= 15 is 0 Å². The van der Waals surface area contributed by atoms with Crippen LogP contribution in [-0.4, -0.2) is 38.9 Å². The molecule has 31 heavy (non-hydrogen) atoms. The predicted octanol–water partition coefficient (Wildman–Crippen LogP) is 4.86. The fourth-order valence-corrected chi connectivity index (χ4v) is 3.73. The lowest BCUT2D eigenvalue weighted by atomic mass is 10.0. The lowest BCUT2D eigenvalue weighted by Gasteiger charge is -2.32. The van der Waals surface area contributed by atoms with Crippen molar-refractivity contribution in [3.63, 3.8) is 0 Å². The second-order valence-electron chi connectivity index (χ2n) is 7.50. The molecule has 1 saturated heterocycles. The first-order valence-electron chi connectivity index (χ1n) is 10.1. The number of piperidine rings is 1. The minimum absolute atomic E-state index is 0.115. The van der Waals surface area contributed by atoms with Crippen LogP contribution in [0.1, 0.15) is 18.4 Å². The number of halogens is 1. The van der Waals surface area contributed by atoms with Crippen LogP contribution in [0.2, 0.25) is 5.02 Å². The molecule has 1 aliphatic heterocycles. The van der Waals surface area contributed by atoms with E-state index in [0.717, 1.165) is 38.2 Å². The number of nitro groups is 1. The third kappa shape index (κ3) is 5.68. The topological polar surface area (TPSA) is 96.2 Å². The van der Waals surface area contributed by atoms with E-state index in [-0.39, 0.29) is 23.5 Å². The van der Waals surface area contributed by atoms with Crippen molar-refractivity contribution >= 4 is 34.7 Å². The van der Waals surface area contributed by atoms with Crippen LogP contribution in [0.25, 0.3) is 0 Å². The summed E-state index contributed by atoms with van der Waals surface area (Å²) in [6.07, 6.45) is 3.00. The van der Waals surface area contributed by atoms with Gasteiger partial charge in [0.25, 0.3) is 0 Å². The summed E-state index contributed by atoms with van der Waals surface area (Å²) in [5.41, 5.74) is 1.91. The van der Waals surface area contributed by atoms with Crippen LogP contribution in [0.15, 0.2) is 60.8 Å². The molecule has 3 aromatic rings. The van der Waals surface area contributed by atoms with Gasteiger partial charge in [-0.15, -0.1) is 0 Å². The first kappa shape index (κ1) is 21.0. The van der Waals surface area contributed by atoms with Crippen LogP contribution in [-0.2, 0) is 6.54 Å². The first-order chi connectivity index (χ1) is 15.1. The number of nitrogens with zero attached hydrogens (tertiary/aromatic N) is 4.